The van der Waals surface area contributed by atoms with E-state index in [1.165, 1.54) is 18.2 Å². The highest BCUT2D eigenvalue weighted by Crippen LogP contribution is 2.14. The van der Waals surface area contributed by atoms with Gasteiger partial charge >= 0.3 is 5.97 Å². The third-order valence-electron chi connectivity index (χ3n) is 2.41. The molecule has 19 heavy (non-hydrogen) atoms. The Morgan fingerprint density at radius 1 is 1.42 bits per heavy atom. The molecule has 0 aromatic heterocycles. The second-order valence-corrected chi connectivity index (χ2v) is 3.97. The number of carbonyl (C=O) groups is 2. The van der Waals surface area contributed by atoms with Crippen molar-refractivity contribution in [2.45, 2.75) is 25.8 Å². The number of carboxylic acids is 1. The van der Waals surface area contributed by atoms with Crippen molar-refractivity contribution in [2.24, 2.45) is 0 Å². The van der Waals surface area contributed by atoms with Crippen molar-refractivity contribution >= 4 is 11.9 Å². The SMILES string of the molecule is CCC[C@H](NC(=O)COc1ccccc1F)C(=O)O. The Morgan fingerprint density at radius 3 is 2.68 bits per heavy atom. The summed E-state index contributed by atoms with van der Waals surface area (Å²) in [5.41, 5.74) is 0. The lowest BCUT2D eigenvalue weighted by atomic mass is 10.2. The number of carbonyl (C=O) groups excluding carboxylic acids is 1. The second-order valence-electron chi connectivity index (χ2n) is 3.97. The molecule has 5 nitrogen and oxygen atoms in total. The minimum absolute atomic E-state index is 0.0417. The van der Waals surface area contributed by atoms with Gasteiger partial charge in [-0.3, -0.25) is 4.79 Å². The van der Waals surface area contributed by atoms with Gasteiger partial charge in [0, 0.05) is 0 Å². The molecule has 1 rings (SSSR count). The van der Waals surface area contributed by atoms with E-state index < -0.39 is 30.3 Å². The van der Waals surface area contributed by atoms with Gasteiger partial charge in [0.2, 0.25) is 0 Å². The van der Waals surface area contributed by atoms with Gasteiger partial charge in [0.15, 0.2) is 18.2 Å². The fourth-order valence-electron chi connectivity index (χ4n) is 1.49. The number of halogens is 1. The van der Waals surface area contributed by atoms with Crippen LogP contribution in [-0.2, 0) is 9.59 Å². The number of hydrogen-bond donors (Lipinski definition) is 2. The Kier molecular flexibility index (Phi) is 5.78. The fourth-order valence-corrected chi connectivity index (χ4v) is 1.49. The van der Waals surface area contributed by atoms with Crippen LogP contribution in [-0.4, -0.2) is 29.6 Å². The van der Waals surface area contributed by atoms with Crippen LogP contribution in [0.3, 0.4) is 0 Å². The Labute approximate surface area is 110 Å². The predicted octanol–water partition coefficient (Wildman–Crippen LogP) is 1.57. The number of amides is 1. The van der Waals surface area contributed by atoms with Crippen LogP contribution >= 0.6 is 0 Å². The summed E-state index contributed by atoms with van der Waals surface area (Å²) in [5, 5.41) is 11.2. The molecule has 0 saturated carbocycles. The summed E-state index contributed by atoms with van der Waals surface area (Å²) >= 11 is 0. The average molecular weight is 269 g/mol. The minimum atomic E-state index is -1.10. The van der Waals surface area contributed by atoms with Crippen LogP contribution in [0, 0.1) is 5.82 Å². The molecular weight excluding hydrogens is 253 g/mol. The molecule has 0 fully saturated rings. The molecule has 6 heteroatoms. The Balaban J connectivity index is 2.47. The van der Waals surface area contributed by atoms with Crippen LogP contribution in [0.25, 0.3) is 0 Å². The highest BCUT2D eigenvalue weighted by Gasteiger charge is 2.19. The molecule has 1 aromatic rings. The zero-order valence-electron chi connectivity index (χ0n) is 10.6. The van der Waals surface area contributed by atoms with Crippen molar-refractivity contribution in [3.63, 3.8) is 0 Å². The average Bonchev–Trinajstić information content (AvgIpc) is 2.37. The molecule has 0 aliphatic rings. The first-order valence-corrected chi connectivity index (χ1v) is 5.94. The summed E-state index contributed by atoms with van der Waals surface area (Å²) in [6, 6.07) is 4.74. The maximum absolute atomic E-state index is 13.2. The molecule has 1 atom stereocenters. The predicted molar refractivity (Wildman–Crippen MR) is 66.4 cm³/mol. The lowest BCUT2D eigenvalue weighted by Crippen LogP contribution is -2.42. The summed E-state index contributed by atoms with van der Waals surface area (Å²) in [6.45, 7) is 1.40. The van der Waals surface area contributed by atoms with E-state index in [2.05, 4.69) is 5.32 Å². The molecule has 0 bridgehead atoms. The summed E-state index contributed by atoms with van der Waals surface area (Å²) in [7, 11) is 0. The molecular formula is C13H16FNO4. The summed E-state index contributed by atoms with van der Waals surface area (Å²) in [6.07, 6.45) is 0.964. The first-order chi connectivity index (χ1) is 9.04. The van der Waals surface area contributed by atoms with E-state index in [-0.39, 0.29) is 5.75 Å². The minimum Gasteiger partial charge on any atom is -0.481 e. The van der Waals surface area contributed by atoms with Crippen LogP contribution in [0.1, 0.15) is 19.8 Å². The topological polar surface area (TPSA) is 75.6 Å². The molecule has 1 aromatic carbocycles. The highest BCUT2D eigenvalue weighted by atomic mass is 19.1. The lowest BCUT2D eigenvalue weighted by molar-refractivity contribution is -0.142. The number of hydrogen-bond acceptors (Lipinski definition) is 3. The molecule has 0 heterocycles. The number of carboxylic acid groups (broad SMARTS) is 1. The summed E-state index contributed by atoms with van der Waals surface area (Å²) in [5.74, 6) is -2.30. The molecule has 104 valence electrons. The summed E-state index contributed by atoms with van der Waals surface area (Å²) in [4.78, 5) is 22.3. The zero-order valence-corrected chi connectivity index (χ0v) is 10.6. The zero-order chi connectivity index (χ0) is 14.3. The maximum Gasteiger partial charge on any atom is 0.326 e. The fraction of sp³-hybridized carbons (Fsp3) is 0.385. The van der Waals surface area contributed by atoms with Gasteiger partial charge in [-0.25, -0.2) is 9.18 Å². The third-order valence-corrected chi connectivity index (χ3v) is 2.41. The Bertz CT molecular complexity index is 450. The van der Waals surface area contributed by atoms with Gasteiger partial charge in [-0.1, -0.05) is 25.5 Å². The molecule has 0 radical (unpaired) electrons. The monoisotopic (exact) mass is 269 g/mol. The lowest BCUT2D eigenvalue weighted by Gasteiger charge is -2.14. The van der Waals surface area contributed by atoms with Crippen molar-refractivity contribution in [3.8, 4) is 5.75 Å². The van der Waals surface area contributed by atoms with Crippen LogP contribution < -0.4 is 10.1 Å². The number of aliphatic carboxylic acids is 1. The van der Waals surface area contributed by atoms with Crippen molar-refractivity contribution in [1.82, 2.24) is 5.32 Å². The quantitative estimate of drug-likeness (QED) is 0.788. The Hall–Kier alpha value is -2.11. The maximum atomic E-state index is 13.2. The van der Waals surface area contributed by atoms with Gasteiger partial charge in [0.25, 0.3) is 5.91 Å². The molecule has 0 unspecified atom stereocenters. The molecule has 1 amide bonds. The highest BCUT2D eigenvalue weighted by molar-refractivity contribution is 5.84. The standard InChI is InChI=1S/C13H16FNO4/c1-2-5-10(13(17)18)15-12(16)8-19-11-7-4-3-6-9(11)14/h3-4,6-7,10H,2,5,8H2,1H3,(H,15,16)(H,17,18)/t10-/m0/s1. The molecule has 0 spiro atoms. The van der Waals surface area contributed by atoms with Crippen molar-refractivity contribution in [1.29, 1.82) is 0 Å². The number of rotatable bonds is 7. The van der Waals surface area contributed by atoms with Gasteiger partial charge in [0.05, 0.1) is 0 Å². The second kappa shape index (κ2) is 7.35. The van der Waals surface area contributed by atoms with Crippen molar-refractivity contribution < 1.29 is 23.8 Å². The third kappa shape index (κ3) is 4.95. The number of ether oxygens (including phenoxy) is 1. The van der Waals surface area contributed by atoms with Crippen molar-refractivity contribution in [2.75, 3.05) is 6.61 Å². The molecule has 0 aliphatic carbocycles. The molecule has 0 aliphatic heterocycles. The number of para-hydroxylation sites is 1. The van der Waals surface area contributed by atoms with Gasteiger partial charge in [-0.05, 0) is 18.6 Å². The Morgan fingerprint density at radius 2 is 2.11 bits per heavy atom. The van der Waals surface area contributed by atoms with Crippen LogP contribution in [0.5, 0.6) is 5.75 Å². The first kappa shape index (κ1) is 14.9. The van der Waals surface area contributed by atoms with Crippen molar-refractivity contribution in [3.05, 3.63) is 30.1 Å². The number of nitrogens with one attached hydrogen (secondary N) is 1. The van der Waals surface area contributed by atoms with E-state index in [0.717, 1.165) is 0 Å². The van der Waals surface area contributed by atoms with E-state index in [0.29, 0.717) is 12.8 Å². The first-order valence-electron chi connectivity index (χ1n) is 5.94. The van der Waals surface area contributed by atoms with Gasteiger partial charge in [-0.2, -0.15) is 0 Å². The van der Waals surface area contributed by atoms with E-state index >= 15 is 0 Å². The van der Waals surface area contributed by atoms with Gasteiger partial charge in [-0.15, -0.1) is 0 Å². The van der Waals surface area contributed by atoms with Crippen LogP contribution in [0.15, 0.2) is 24.3 Å². The van der Waals surface area contributed by atoms with E-state index in [9.17, 15) is 14.0 Å². The van der Waals surface area contributed by atoms with Crippen LogP contribution in [0.2, 0.25) is 0 Å². The van der Waals surface area contributed by atoms with E-state index in [4.69, 9.17) is 9.84 Å². The van der Waals surface area contributed by atoms with Gasteiger partial charge < -0.3 is 15.2 Å². The molecule has 2 N–H and O–H groups in total. The smallest absolute Gasteiger partial charge is 0.326 e. The van der Waals surface area contributed by atoms with E-state index in [1.54, 1.807) is 6.07 Å². The molecule has 0 saturated heterocycles. The van der Waals surface area contributed by atoms with Crippen LogP contribution in [0.4, 0.5) is 4.39 Å². The summed E-state index contributed by atoms with van der Waals surface area (Å²) < 4.78 is 18.2. The normalized spacial score (nSPS) is 11.7. The largest absolute Gasteiger partial charge is 0.481 e. The van der Waals surface area contributed by atoms with Gasteiger partial charge in [0.1, 0.15) is 6.04 Å². The van der Waals surface area contributed by atoms with E-state index in [1.807, 2.05) is 6.92 Å². The number of benzene rings is 1.